The minimum absolute atomic E-state index is 0.129. The Hall–Kier alpha value is -1.02. The zero-order valence-corrected chi connectivity index (χ0v) is 9.07. The van der Waals surface area contributed by atoms with E-state index in [1.807, 2.05) is 17.0 Å². The van der Waals surface area contributed by atoms with Gasteiger partial charge in [-0.15, -0.1) is 0 Å². The number of hydrogen-bond acceptors (Lipinski definition) is 1. The van der Waals surface area contributed by atoms with E-state index in [1.54, 1.807) is 12.1 Å². The molecule has 1 aliphatic heterocycles. The van der Waals surface area contributed by atoms with Gasteiger partial charge >= 0.3 is 0 Å². The third kappa shape index (κ3) is 1.63. The van der Waals surface area contributed by atoms with E-state index in [0.29, 0.717) is 10.6 Å². The molecule has 78 valence electrons. The summed E-state index contributed by atoms with van der Waals surface area (Å²) in [5.74, 6) is 1.70. The molecule has 1 saturated carbocycles. The van der Waals surface area contributed by atoms with E-state index in [-0.39, 0.29) is 5.91 Å². The first kappa shape index (κ1) is 9.22. The highest BCUT2D eigenvalue weighted by molar-refractivity contribution is 6.30. The van der Waals surface area contributed by atoms with Gasteiger partial charge in [-0.2, -0.15) is 0 Å². The molecule has 0 bridgehead atoms. The molecule has 1 aromatic carbocycles. The molecule has 0 radical (unpaired) electrons. The number of likely N-dealkylation sites (tertiary alicyclic amines) is 1. The van der Waals surface area contributed by atoms with Crippen molar-refractivity contribution in [1.82, 2.24) is 4.90 Å². The second-order valence-corrected chi connectivity index (χ2v) is 4.91. The number of piperidine rings is 1. The molecule has 0 aromatic heterocycles. The quantitative estimate of drug-likeness (QED) is 0.713. The lowest BCUT2D eigenvalue weighted by Crippen LogP contribution is -2.30. The molecule has 2 nitrogen and oxygen atoms in total. The summed E-state index contributed by atoms with van der Waals surface area (Å²) in [6.07, 6.45) is 1.32. The predicted molar refractivity (Wildman–Crippen MR) is 59.0 cm³/mol. The zero-order chi connectivity index (χ0) is 10.4. The fourth-order valence-corrected chi connectivity index (χ4v) is 2.56. The first-order valence-corrected chi connectivity index (χ1v) is 5.66. The minimum atomic E-state index is 0.129. The molecular weight excluding hydrogens is 210 g/mol. The fraction of sp³-hybridized carbons (Fsp3) is 0.417. The van der Waals surface area contributed by atoms with Gasteiger partial charge in [0.1, 0.15) is 0 Å². The van der Waals surface area contributed by atoms with Crippen molar-refractivity contribution in [2.24, 2.45) is 11.8 Å². The Kier molecular flexibility index (Phi) is 1.99. The minimum Gasteiger partial charge on any atom is -0.338 e. The first-order valence-electron chi connectivity index (χ1n) is 5.29. The van der Waals surface area contributed by atoms with E-state index >= 15 is 0 Å². The molecular formula is C12H12ClNO. The summed E-state index contributed by atoms with van der Waals surface area (Å²) >= 11 is 5.86. The van der Waals surface area contributed by atoms with E-state index in [0.717, 1.165) is 24.9 Å². The van der Waals surface area contributed by atoms with Crippen LogP contribution in [0.15, 0.2) is 24.3 Å². The number of fused-ring (bicyclic) bond motifs is 1. The maximum atomic E-state index is 12.0. The van der Waals surface area contributed by atoms with Crippen molar-refractivity contribution >= 4 is 17.5 Å². The summed E-state index contributed by atoms with van der Waals surface area (Å²) in [4.78, 5) is 14.0. The van der Waals surface area contributed by atoms with Crippen molar-refractivity contribution < 1.29 is 4.79 Å². The molecule has 2 aliphatic rings. The van der Waals surface area contributed by atoms with Gasteiger partial charge in [0.15, 0.2) is 0 Å². The molecule has 1 aliphatic carbocycles. The summed E-state index contributed by atoms with van der Waals surface area (Å²) in [5.41, 5.74) is 0.712. The molecule has 15 heavy (non-hydrogen) atoms. The molecule has 2 atom stereocenters. The van der Waals surface area contributed by atoms with Gasteiger partial charge in [0.2, 0.25) is 0 Å². The standard InChI is InChI=1S/C12H12ClNO/c13-11-3-1-2-8(5-11)12(15)14-6-9-4-10(9)7-14/h1-3,5,9-10H,4,6-7H2. The summed E-state index contributed by atoms with van der Waals surface area (Å²) in [6.45, 7) is 1.88. The highest BCUT2D eigenvalue weighted by Gasteiger charge is 2.46. The summed E-state index contributed by atoms with van der Waals surface area (Å²) in [5, 5.41) is 0.630. The topological polar surface area (TPSA) is 20.3 Å². The van der Waals surface area contributed by atoms with Crippen LogP contribution in [-0.4, -0.2) is 23.9 Å². The molecule has 1 amide bonds. The fourth-order valence-electron chi connectivity index (χ4n) is 2.37. The van der Waals surface area contributed by atoms with Gasteiger partial charge in [0.05, 0.1) is 0 Å². The van der Waals surface area contributed by atoms with Gasteiger partial charge in [-0.3, -0.25) is 4.79 Å². The Bertz CT molecular complexity index is 408. The monoisotopic (exact) mass is 221 g/mol. The van der Waals surface area contributed by atoms with Gasteiger partial charge < -0.3 is 4.90 Å². The van der Waals surface area contributed by atoms with E-state index in [1.165, 1.54) is 6.42 Å². The van der Waals surface area contributed by atoms with Crippen LogP contribution in [0, 0.1) is 11.8 Å². The summed E-state index contributed by atoms with van der Waals surface area (Å²) < 4.78 is 0. The number of halogens is 1. The number of rotatable bonds is 1. The van der Waals surface area contributed by atoms with Gasteiger partial charge in [-0.05, 0) is 36.5 Å². The van der Waals surface area contributed by atoms with Crippen molar-refractivity contribution in [2.75, 3.05) is 13.1 Å². The van der Waals surface area contributed by atoms with E-state index in [2.05, 4.69) is 0 Å². The van der Waals surface area contributed by atoms with Crippen molar-refractivity contribution in [3.63, 3.8) is 0 Å². The van der Waals surface area contributed by atoms with Crippen LogP contribution in [0.25, 0.3) is 0 Å². The molecule has 0 N–H and O–H groups in total. The third-order valence-corrected chi connectivity index (χ3v) is 3.57. The lowest BCUT2D eigenvalue weighted by Gasteiger charge is -2.17. The van der Waals surface area contributed by atoms with Crippen LogP contribution >= 0.6 is 11.6 Å². The van der Waals surface area contributed by atoms with Crippen LogP contribution in [0.1, 0.15) is 16.8 Å². The number of nitrogens with zero attached hydrogens (tertiary/aromatic N) is 1. The largest absolute Gasteiger partial charge is 0.338 e. The Labute approximate surface area is 93.8 Å². The summed E-state index contributed by atoms with van der Waals surface area (Å²) in [6, 6.07) is 7.19. The van der Waals surface area contributed by atoms with E-state index in [4.69, 9.17) is 11.6 Å². The number of carbonyl (C=O) groups excluding carboxylic acids is 1. The zero-order valence-electron chi connectivity index (χ0n) is 8.32. The smallest absolute Gasteiger partial charge is 0.253 e. The van der Waals surface area contributed by atoms with Crippen LogP contribution in [0.3, 0.4) is 0 Å². The maximum Gasteiger partial charge on any atom is 0.253 e. The molecule has 2 fully saturated rings. The van der Waals surface area contributed by atoms with Gasteiger partial charge in [0.25, 0.3) is 5.91 Å². The molecule has 0 spiro atoms. The van der Waals surface area contributed by atoms with Crippen molar-refractivity contribution in [3.8, 4) is 0 Å². The number of carbonyl (C=O) groups is 1. The van der Waals surface area contributed by atoms with Crippen LogP contribution in [0.2, 0.25) is 5.02 Å². The SMILES string of the molecule is O=C(c1cccc(Cl)c1)N1CC2CC2C1. The van der Waals surface area contributed by atoms with E-state index in [9.17, 15) is 4.79 Å². The second kappa shape index (κ2) is 3.24. The molecule has 1 saturated heterocycles. The van der Waals surface area contributed by atoms with Crippen LogP contribution in [0.4, 0.5) is 0 Å². The Morgan fingerprint density at radius 3 is 2.73 bits per heavy atom. The number of benzene rings is 1. The van der Waals surface area contributed by atoms with Crippen molar-refractivity contribution in [2.45, 2.75) is 6.42 Å². The Morgan fingerprint density at radius 1 is 1.33 bits per heavy atom. The van der Waals surface area contributed by atoms with Gasteiger partial charge in [0, 0.05) is 23.7 Å². The predicted octanol–water partition coefficient (Wildman–Crippen LogP) is 2.43. The maximum absolute atomic E-state index is 12.0. The molecule has 1 aromatic rings. The average molecular weight is 222 g/mol. The van der Waals surface area contributed by atoms with Crippen molar-refractivity contribution in [1.29, 1.82) is 0 Å². The molecule has 2 unspecified atom stereocenters. The highest BCUT2D eigenvalue weighted by Crippen LogP contribution is 2.45. The Balaban J connectivity index is 1.79. The normalized spacial score (nSPS) is 27.7. The average Bonchev–Trinajstić information content (AvgIpc) is 2.85. The molecule has 3 heteroatoms. The van der Waals surface area contributed by atoms with Crippen LogP contribution in [0.5, 0.6) is 0 Å². The van der Waals surface area contributed by atoms with Gasteiger partial charge in [-0.25, -0.2) is 0 Å². The molecule has 1 heterocycles. The first-order chi connectivity index (χ1) is 7.24. The third-order valence-electron chi connectivity index (χ3n) is 3.34. The Morgan fingerprint density at radius 2 is 2.07 bits per heavy atom. The number of amides is 1. The lowest BCUT2D eigenvalue weighted by molar-refractivity contribution is 0.0775. The van der Waals surface area contributed by atoms with Crippen LogP contribution < -0.4 is 0 Å². The van der Waals surface area contributed by atoms with Crippen LogP contribution in [-0.2, 0) is 0 Å². The lowest BCUT2D eigenvalue weighted by atomic mass is 10.2. The summed E-state index contributed by atoms with van der Waals surface area (Å²) in [7, 11) is 0. The molecule has 3 rings (SSSR count). The van der Waals surface area contributed by atoms with E-state index < -0.39 is 0 Å². The van der Waals surface area contributed by atoms with Crippen molar-refractivity contribution in [3.05, 3.63) is 34.9 Å². The highest BCUT2D eigenvalue weighted by atomic mass is 35.5. The number of hydrogen-bond donors (Lipinski definition) is 0. The van der Waals surface area contributed by atoms with Gasteiger partial charge in [-0.1, -0.05) is 17.7 Å². The second-order valence-electron chi connectivity index (χ2n) is 4.48.